The molecule has 0 radical (unpaired) electrons. The van der Waals surface area contributed by atoms with E-state index in [9.17, 15) is 0 Å². The monoisotopic (exact) mass is 624 g/mol. The van der Waals surface area contributed by atoms with Crippen molar-refractivity contribution in [3.8, 4) is 27.9 Å². The van der Waals surface area contributed by atoms with Crippen LogP contribution in [0.4, 0.5) is 0 Å². The van der Waals surface area contributed by atoms with E-state index in [1.165, 1.54) is 76.1 Å². The van der Waals surface area contributed by atoms with Crippen LogP contribution in [-0.4, -0.2) is 9.55 Å². The average Bonchev–Trinajstić information content (AvgIpc) is 3.55. The predicted octanol–water partition coefficient (Wildman–Crippen LogP) is 12.7. The molecule has 0 amide bonds. The third-order valence-corrected chi connectivity index (χ3v) is 10.3. The summed E-state index contributed by atoms with van der Waals surface area (Å²) in [4.78, 5) is 4.88. The van der Waals surface area contributed by atoms with E-state index >= 15 is 0 Å². The highest BCUT2D eigenvalue weighted by atomic mass is 15.1. The molecule has 0 aliphatic carbocycles. The summed E-state index contributed by atoms with van der Waals surface area (Å²) in [5.74, 6) is 1.08. The highest BCUT2D eigenvalue weighted by molar-refractivity contribution is 6.34. The van der Waals surface area contributed by atoms with Crippen LogP contribution in [0.1, 0.15) is 12.7 Å². The Balaban J connectivity index is 1.15. The van der Waals surface area contributed by atoms with Crippen LogP contribution in [0, 0.1) is 0 Å². The first-order chi connectivity index (χ1) is 24.3. The minimum absolute atomic E-state index is 0.878. The summed E-state index contributed by atoms with van der Waals surface area (Å²) in [5.41, 5.74) is 8.17. The first-order valence-corrected chi connectivity index (χ1v) is 17.1. The smallest absolute Gasteiger partial charge is 0.114 e. The molecule has 2 nitrogen and oxygen atoms in total. The van der Waals surface area contributed by atoms with Crippen molar-refractivity contribution in [1.29, 1.82) is 0 Å². The number of hydrogen-bond acceptors (Lipinski definition) is 1. The highest BCUT2D eigenvalue weighted by Crippen LogP contribution is 2.43. The molecule has 0 saturated carbocycles. The van der Waals surface area contributed by atoms with E-state index in [1.807, 2.05) is 0 Å². The number of imidazole rings is 1. The molecule has 0 spiro atoms. The van der Waals surface area contributed by atoms with Crippen LogP contribution in [0.25, 0.3) is 92.8 Å². The molecule has 0 atom stereocenters. The maximum absolute atomic E-state index is 4.88. The Morgan fingerprint density at radius 3 is 1.63 bits per heavy atom. The summed E-state index contributed by atoms with van der Waals surface area (Å²) in [7, 11) is 0. The predicted molar refractivity (Wildman–Crippen MR) is 209 cm³/mol. The van der Waals surface area contributed by atoms with Gasteiger partial charge < -0.3 is 0 Å². The van der Waals surface area contributed by atoms with Gasteiger partial charge in [0.15, 0.2) is 0 Å². The van der Waals surface area contributed by atoms with E-state index in [-0.39, 0.29) is 0 Å². The van der Waals surface area contributed by atoms with Gasteiger partial charge in [-0.1, -0.05) is 146 Å². The Hall–Kier alpha value is -6.25. The van der Waals surface area contributed by atoms with Crippen LogP contribution >= 0.6 is 0 Å². The minimum Gasteiger partial charge on any atom is -0.296 e. The SMILES string of the molecule is CCc1nc2ccccc2n1-c1ccc(-c2ccc(-c3cccc4c5cccc6ccc7cccc(c8ccccc8c34)c7c65)cc2)cc1. The summed E-state index contributed by atoms with van der Waals surface area (Å²) in [6, 6.07) is 60.1. The molecular formula is C47H32N2. The molecule has 230 valence electrons. The van der Waals surface area contributed by atoms with E-state index in [0.29, 0.717) is 0 Å². The fraction of sp³-hybridized carbons (Fsp3) is 0.0426. The van der Waals surface area contributed by atoms with Gasteiger partial charge in [0.1, 0.15) is 5.82 Å². The number of rotatable bonds is 4. The first kappa shape index (κ1) is 27.8. The zero-order valence-corrected chi connectivity index (χ0v) is 27.2. The second-order valence-electron chi connectivity index (χ2n) is 13.0. The molecule has 0 N–H and O–H groups in total. The lowest BCUT2D eigenvalue weighted by molar-refractivity contribution is 0.908. The topological polar surface area (TPSA) is 17.8 Å². The number of hydrogen-bond donors (Lipinski definition) is 0. The van der Waals surface area contributed by atoms with Crippen molar-refractivity contribution in [1.82, 2.24) is 9.55 Å². The van der Waals surface area contributed by atoms with Crippen LogP contribution in [0.15, 0.2) is 164 Å². The molecule has 0 aliphatic rings. The van der Waals surface area contributed by atoms with Crippen molar-refractivity contribution in [2.75, 3.05) is 0 Å². The summed E-state index contributed by atoms with van der Waals surface area (Å²) in [6.45, 7) is 2.17. The Kier molecular flexibility index (Phi) is 6.19. The van der Waals surface area contributed by atoms with Gasteiger partial charge in [-0.2, -0.15) is 0 Å². The third kappa shape index (κ3) is 4.24. The molecule has 10 rings (SSSR count). The summed E-state index contributed by atoms with van der Waals surface area (Å²) in [6.07, 6.45) is 0.878. The highest BCUT2D eigenvalue weighted by Gasteiger charge is 2.15. The van der Waals surface area contributed by atoms with Crippen LogP contribution in [0.5, 0.6) is 0 Å². The Labute approximate surface area is 284 Å². The molecule has 0 unspecified atom stereocenters. The number of nitrogens with zero attached hydrogens (tertiary/aromatic N) is 2. The fourth-order valence-corrected chi connectivity index (χ4v) is 8.09. The van der Waals surface area contributed by atoms with Crippen LogP contribution in [0.2, 0.25) is 0 Å². The second-order valence-corrected chi connectivity index (χ2v) is 13.0. The molecule has 2 heteroatoms. The van der Waals surface area contributed by atoms with E-state index < -0.39 is 0 Å². The average molecular weight is 625 g/mol. The van der Waals surface area contributed by atoms with Gasteiger partial charge in [0.25, 0.3) is 0 Å². The van der Waals surface area contributed by atoms with Gasteiger partial charge in [-0.05, 0) is 100 Å². The quantitative estimate of drug-likeness (QED) is 0.178. The Morgan fingerprint density at radius 2 is 0.939 bits per heavy atom. The molecule has 49 heavy (non-hydrogen) atoms. The largest absolute Gasteiger partial charge is 0.296 e. The van der Waals surface area contributed by atoms with Gasteiger partial charge >= 0.3 is 0 Å². The number of benzene rings is 8. The zero-order valence-electron chi connectivity index (χ0n) is 27.2. The summed E-state index contributed by atoms with van der Waals surface area (Å²) < 4.78 is 2.28. The molecule has 10 aromatic rings. The summed E-state index contributed by atoms with van der Waals surface area (Å²) >= 11 is 0. The number of fused-ring (bicyclic) bond motifs is 6. The van der Waals surface area contributed by atoms with Crippen LogP contribution in [0.3, 0.4) is 0 Å². The number of aromatic nitrogens is 2. The molecule has 0 aliphatic heterocycles. The van der Waals surface area contributed by atoms with Crippen molar-refractivity contribution < 1.29 is 0 Å². The molecule has 0 fully saturated rings. The summed E-state index contributed by atoms with van der Waals surface area (Å²) in [5, 5.41) is 12.9. The van der Waals surface area contributed by atoms with Gasteiger partial charge in [0.2, 0.25) is 0 Å². The number of aryl methyl sites for hydroxylation is 1. The molecule has 9 aromatic carbocycles. The third-order valence-electron chi connectivity index (χ3n) is 10.3. The first-order valence-electron chi connectivity index (χ1n) is 17.1. The zero-order chi connectivity index (χ0) is 32.5. The van der Waals surface area contributed by atoms with E-state index in [0.717, 1.165) is 29.0 Å². The second kappa shape index (κ2) is 10.9. The van der Waals surface area contributed by atoms with Crippen molar-refractivity contribution in [2.45, 2.75) is 13.3 Å². The maximum Gasteiger partial charge on any atom is 0.114 e. The van der Waals surface area contributed by atoms with Crippen LogP contribution in [-0.2, 0) is 6.42 Å². The Bertz CT molecular complexity index is 2890. The molecule has 0 bridgehead atoms. The van der Waals surface area contributed by atoms with Crippen molar-refractivity contribution in [3.05, 3.63) is 170 Å². The fourth-order valence-electron chi connectivity index (χ4n) is 8.09. The molecule has 0 saturated heterocycles. The van der Waals surface area contributed by atoms with E-state index in [2.05, 4.69) is 175 Å². The van der Waals surface area contributed by atoms with E-state index in [1.54, 1.807) is 0 Å². The van der Waals surface area contributed by atoms with Gasteiger partial charge in [-0.3, -0.25) is 4.57 Å². The molecule has 1 heterocycles. The minimum atomic E-state index is 0.878. The molecular weight excluding hydrogens is 593 g/mol. The molecule has 1 aromatic heterocycles. The standard InChI is InChI=1S/C47H32N2/c1-2-44-48-42-18-5-6-19-43(42)49(44)35-28-26-31(27-29-35)30-20-22-32(23-21-30)36-14-9-17-41-40-16-8-11-34-25-24-33-10-7-15-38(45(33)46(34)40)37-12-3-4-13-39(37)47(36)41/h3-29H,2H2,1H3. The van der Waals surface area contributed by atoms with Crippen molar-refractivity contribution in [2.24, 2.45) is 0 Å². The lowest BCUT2D eigenvalue weighted by atomic mass is 9.88. The normalized spacial score (nSPS) is 11.9. The lowest BCUT2D eigenvalue weighted by Gasteiger charge is -2.16. The van der Waals surface area contributed by atoms with Crippen molar-refractivity contribution >= 4 is 64.9 Å². The Morgan fingerprint density at radius 1 is 0.429 bits per heavy atom. The van der Waals surface area contributed by atoms with Crippen molar-refractivity contribution in [3.63, 3.8) is 0 Å². The van der Waals surface area contributed by atoms with Gasteiger partial charge in [-0.15, -0.1) is 0 Å². The van der Waals surface area contributed by atoms with Gasteiger partial charge in [0.05, 0.1) is 11.0 Å². The maximum atomic E-state index is 4.88. The van der Waals surface area contributed by atoms with E-state index in [4.69, 9.17) is 4.98 Å². The number of para-hydroxylation sites is 2. The van der Waals surface area contributed by atoms with Gasteiger partial charge in [0, 0.05) is 12.1 Å². The van der Waals surface area contributed by atoms with Gasteiger partial charge in [-0.25, -0.2) is 4.98 Å². The lowest BCUT2D eigenvalue weighted by Crippen LogP contribution is -1.99. The van der Waals surface area contributed by atoms with Crippen LogP contribution < -0.4 is 0 Å².